The number of nitrogens with zero attached hydrogens (tertiary/aromatic N) is 2. The van der Waals surface area contributed by atoms with Gasteiger partial charge in [-0.1, -0.05) is 13.8 Å². The summed E-state index contributed by atoms with van der Waals surface area (Å²) in [5.74, 6) is -0.398. The van der Waals surface area contributed by atoms with E-state index >= 15 is 0 Å². The SMILES string of the molecule is CC(C)CNC(=O)NC(=O)CN(C)CC(=O)Nc1ccc(N2CCOCC2)cc1. The number of rotatable bonds is 8. The molecule has 1 fully saturated rings. The Hall–Kier alpha value is -2.65. The summed E-state index contributed by atoms with van der Waals surface area (Å²) < 4.78 is 5.35. The molecule has 1 aliphatic rings. The van der Waals surface area contributed by atoms with E-state index in [-0.39, 0.29) is 19.0 Å². The minimum absolute atomic E-state index is 0.0340. The zero-order valence-electron chi connectivity index (χ0n) is 17.4. The van der Waals surface area contributed by atoms with Gasteiger partial charge in [-0.15, -0.1) is 0 Å². The fraction of sp³-hybridized carbons (Fsp3) is 0.550. The summed E-state index contributed by atoms with van der Waals surface area (Å²) in [4.78, 5) is 39.4. The lowest BCUT2D eigenvalue weighted by Crippen LogP contribution is -2.45. The fourth-order valence-electron chi connectivity index (χ4n) is 2.83. The maximum absolute atomic E-state index is 12.2. The first-order valence-electron chi connectivity index (χ1n) is 9.82. The normalized spacial score (nSPS) is 14.0. The van der Waals surface area contributed by atoms with E-state index in [9.17, 15) is 14.4 Å². The molecule has 0 aromatic heterocycles. The molecule has 1 aliphatic heterocycles. The van der Waals surface area contributed by atoms with Crippen molar-refractivity contribution in [3.05, 3.63) is 24.3 Å². The first-order valence-corrected chi connectivity index (χ1v) is 9.82. The number of urea groups is 1. The molecule has 0 atom stereocenters. The molecule has 9 nitrogen and oxygen atoms in total. The Balaban J connectivity index is 1.72. The number of morpholine rings is 1. The largest absolute Gasteiger partial charge is 0.378 e. The molecule has 3 N–H and O–H groups in total. The van der Waals surface area contributed by atoms with Crippen molar-refractivity contribution >= 4 is 29.2 Å². The van der Waals surface area contributed by atoms with Crippen LogP contribution in [0.25, 0.3) is 0 Å². The molecule has 4 amide bonds. The average Bonchev–Trinajstić information content (AvgIpc) is 2.67. The molecule has 29 heavy (non-hydrogen) atoms. The van der Waals surface area contributed by atoms with Gasteiger partial charge in [0.1, 0.15) is 0 Å². The highest BCUT2D eigenvalue weighted by Gasteiger charge is 2.14. The first-order chi connectivity index (χ1) is 13.8. The van der Waals surface area contributed by atoms with Crippen LogP contribution < -0.4 is 20.9 Å². The Morgan fingerprint density at radius 2 is 1.69 bits per heavy atom. The minimum Gasteiger partial charge on any atom is -0.378 e. The van der Waals surface area contributed by atoms with Gasteiger partial charge in [-0.25, -0.2) is 4.79 Å². The molecule has 2 rings (SSSR count). The quantitative estimate of drug-likeness (QED) is 0.593. The Bertz CT molecular complexity index is 687. The van der Waals surface area contributed by atoms with E-state index in [0.717, 1.165) is 32.0 Å². The van der Waals surface area contributed by atoms with Crippen LogP contribution in [0.1, 0.15) is 13.8 Å². The van der Waals surface area contributed by atoms with E-state index < -0.39 is 11.9 Å². The number of hydrogen-bond donors (Lipinski definition) is 3. The molecule has 9 heteroatoms. The van der Waals surface area contributed by atoms with Crippen LogP contribution in [-0.4, -0.2) is 75.7 Å². The standard InChI is InChI=1S/C20H31N5O4/c1-15(2)12-21-20(28)23-19(27)14-24(3)13-18(26)22-16-4-6-17(7-5-16)25-8-10-29-11-9-25/h4-7,15H,8-14H2,1-3H3,(H,22,26)(H2,21,23,27,28). The second-order valence-corrected chi connectivity index (χ2v) is 7.52. The number of amides is 4. The van der Waals surface area contributed by atoms with Crippen molar-refractivity contribution in [2.75, 3.05) is 63.2 Å². The highest BCUT2D eigenvalue weighted by atomic mass is 16.5. The van der Waals surface area contributed by atoms with Gasteiger partial charge in [-0.3, -0.25) is 19.8 Å². The maximum Gasteiger partial charge on any atom is 0.321 e. The molecule has 160 valence electrons. The van der Waals surface area contributed by atoms with Gasteiger partial charge in [0, 0.05) is 31.0 Å². The van der Waals surface area contributed by atoms with Crippen molar-refractivity contribution in [1.82, 2.24) is 15.5 Å². The van der Waals surface area contributed by atoms with Gasteiger partial charge in [0.15, 0.2) is 0 Å². The first kappa shape index (κ1) is 22.6. The van der Waals surface area contributed by atoms with Crippen molar-refractivity contribution in [3.63, 3.8) is 0 Å². The third-order valence-electron chi connectivity index (χ3n) is 4.28. The number of imide groups is 1. The molecule has 0 bridgehead atoms. The van der Waals surface area contributed by atoms with Crippen molar-refractivity contribution in [2.45, 2.75) is 13.8 Å². The summed E-state index contributed by atoms with van der Waals surface area (Å²) in [6.45, 7) is 7.54. The van der Waals surface area contributed by atoms with Gasteiger partial charge in [0.2, 0.25) is 11.8 Å². The van der Waals surface area contributed by atoms with Crippen LogP contribution in [0, 0.1) is 5.92 Å². The van der Waals surface area contributed by atoms with E-state index in [2.05, 4.69) is 20.9 Å². The van der Waals surface area contributed by atoms with Gasteiger partial charge in [-0.05, 0) is 37.2 Å². The summed E-state index contributed by atoms with van der Waals surface area (Å²) in [5, 5.41) is 7.67. The van der Waals surface area contributed by atoms with Crippen LogP contribution in [0.2, 0.25) is 0 Å². The molecule has 0 spiro atoms. The van der Waals surface area contributed by atoms with Crippen molar-refractivity contribution in [3.8, 4) is 0 Å². The van der Waals surface area contributed by atoms with Gasteiger partial charge in [0.25, 0.3) is 0 Å². The Labute approximate surface area is 171 Å². The summed E-state index contributed by atoms with van der Waals surface area (Å²) in [6, 6.07) is 7.12. The lowest BCUT2D eigenvalue weighted by Gasteiger charge is -2.28. The lowest BCUT2D eigenvalue weighted by atomic mass is 10.2. The van der Waals surface area contributed by atoms with Crippen LogP contribution >= 0.6 is 0 Å². The molecule has 1 aromatic rings. The summed E-state index contributed by atoms with van der Waals surface area (Å²) in [7, 11) is 1.65. The number of likely N-dealkylation sites (N-methyl/N-ethyl adjacent to an activating group) is 1. The number of nitrogens with one attached hydrogen (secondary N) is 3. The number of ether oxygens (including phenoxy) is 1. The maximum atomic E-state index is 12.2. The molecule has 0 aliphatic carbocycles. The van der Waals surface area contributed by atoms with Gasteiger partial charge < -0.3 is 20.3 Å². The van der Waals surface area contributed by atoms with E-state index in [0.29, 0.717) is 18.2 Å². The van der Waals surface area contributed by atoms with E-state index in [1.54, 1.807) is 11.9 Å². The minimum atomic E-state index is -0.526. The molecule has 0 saturated carbocycles. The smallest absolute Gasteiger partial charge is 0.321 e. The highest BCUT2D eigenvalue weighted by molar-refractivity contribution is 5.96. The monoisotopic (exact) mass is 405 g/mol. The van der Waals surface area contributed by atoms with E-state index in [1.807, 2.05) is 38.1 Å². The van der Waals surface area contributed by atoms with Gasteiger partial charge in [-0.2, -0.15) is 0 Å². The van der Waals surface area contributed by atoms with Crippen molar-refractivity contribution < 1.29 is 19.1 Å². The second-order valence-electron chi connectivity index (χ2n) is 7.52. The van der Waals surface area contributed by atoms with Crippen LogP contribution in [0.15, 0.2) is 24.3 Å². The molecular formula is C20H31N5O4. The third kappa shape index (κ3) is 8.49. The van der Waals surface area contributed by atoms with Crippen molar-refractivity contribution in [2.24, 2.45) is 5.92 Å². The van der Waals surface area contributed by atoms with Crippen LogP contribution in [0.3, 0.4) is 0 Å². The fourth-order valence-corrected chi connectivity index (χ4v) is 2.83. The van der Waals surface area contributed by atoms with Gasteiger partial charge >= 0.3 is 6.03 Å². The van der Waals surface area contributed by atoms with Crippen LogP contribution in [0.4, 0.5) is 16.2 Å². The van der Waals surface area contributed by atoms with Crippen molar-refractivity contribution in [1.29, 1.82) is 0 Å². The molecule has 1 saturated heterocycles. The number of carbonyl (C=O) groups is 3. The summed E-state index contributed by atoms with van der Waals surface area (Å²) >= 11 is 0. The van der Waals surface area contributed by atoms with E-state index in [4.69, 9.17) is 4.74 Å². The second kappa shape index (κ2) is 11.4. The number of anilines is 2. The average molecular weight is 405 g/mol. The topological polar surface area (TPSA) is 103 Å². The highest BCUT2D eigenvalue weighted by Crippen LogP contribution is 2.18. The predicted octanol–water partition coefficient (Wildman–Crippen LogP) is 0.875. The molecule has 0 radical (unpaired) electrons. The summed E-state index contributed by atoms with van der Waals surface area (Å²) in [6.07, 6.45) is 0. The number of hydrogen-bond acceptors (Lipinski definition) is 6. The Morgan fingerprint density at radius 3 is 2.31 bits per heavy atom. The van der Waals surface area contributed by atoms with Crippen LogP contribution in [0.5, 0.6) is 0 Å². The Kier molecular flexibility index (Phi) is 8.88. The van der Waals surface area contributed by atoms with Crippen LogP contribution in [-0.2, 0) is 14.3 Å². The predicted molar refractivity (Wildman–Crippen MR) is 112 cm³/mol. The molecular weight excluding hydrogens is 374 g/mol. The number of carbonyl (C=O) groups excluding carboxylic acids is 3. The van der Waals surface area contributed by atoms with E-state index in [1.165, 1.54) is 0 Å². The zero-order valence-corrected chi connectivity index (χ0v) is 17.4. The number of benzene rings is 1. The zero-order chi connectivity index (χ0) is 21.2. The van der Waals surface area contributed by atoms with Gasteiger partial charge in [0.05, 0.1) is 26.3 Å². The Morgan fingerprint density at radius 1 is 1.07 bits per heavy atom. The summed E-state index contributed by atoms with van der Waals surface area (Å²) in [5.41, 5.74) is 1.79. The molecule has 1 aromatic carbocycles. The third-order valence-corrected chi connectivity index (χ3v) is 4.28. The lowest BCUT2D eigenvalue weighted by molar-refractivity contribution is -0.122. The molecule has 0 unspecified atom stereocenters. The molecule has 1 heterocycles.